The van der Waals surface area contributed by atoms with Crippen molar-refractivity contribution in [2.24, 2.45) is 0 Å². The molecule has 96 valence electrons. The Bertz CT molecular complexity index is 292. The third-order valence-corrected chi connectivity index (χ3v) is 2.28. The molecule has 0 aliphatic carbocycles. The molecule has 2 N–H and O–H groups in total. The van der Waals surface area contributed by atoms with E-state index in [1.165, 1.54) is 12.3 Å². The van der Waals surface area contributed by atoms with Crippen molar-refractivity contribution in [2.75, 3.05) is 33.4 Å². The van der Waals surface area contributed by atoms with Crippen LogP contribution in [0.25, 0.3) is 0 Å². The molecule has 0 spiro atoms. The van der Waals surface area contributed by atoms with Crippen LogP contribution in [-0.2, 0) is 11.3 Å². The minimum Gasteiger partial charge on any atom is -0.383 e. The molecule has 0 saturated carbocycles. The van der Waals surface area contributed by atoms with Gasteiger partial charge in [0, 0.05) is 20.2 Å². The Morgan fingerprint density at radius 2 is 2.06 bits per heavy atom. The molecule has 1 aromatic heterocycles. The van der Waals surface area contributed by atoms with Crippen LogP contribution in [0.2, 0.25) is 0 Å². The predicted octanol–water partition coefficient (Wildman–Crippen LogP) is 0.936. The molecule has 0 amide bonds. The molecule has 1 rings (SSSR count). The molecule has 0 unspecified atom stereocenters. The van der Waals surface area contributed by atoms with Gasteiger partial charge >= 0.3 is 0 Å². The average molecular weight is 241 g/mol. The topological polar surface area (TPSA) is 46.2 Å². The lowest BCUT2D eigenvalue weighted by atomic mass is 10.3. The lowest BCUT2D eigenvalue weighted by molar-refractivity contribution is 0.199. The fourth-order valence-corrected chi connectivity index (χ4v) is 1.37. The van der Waals surface area contributed by atoms with Gasteiger partial charge in [0.15, 0.2) is 0 Å². The second-order valence-corrected chi connectivity index (χ2v) is 3.74. The van der Waals surface area contributed by atoms with E-state index in [4.69, 9.17) is 4.74 Å². The number of rotatable bonds is 9. The van der Waals surface area contributed by atoms with Crippen molar-refractivity contribution in [2.45, 2.75) is 13.0 Å². The van der Waals surface area contributed by atoms with E-state index < -0.39 is 0 Å². The Balaban J connectivity index is 1.95. The molecule has 0 fully saturated rings. The maximum Gasteiger partial charge on any atom is 0.141 e. The van der Waals surface area contributed by atoms with Gasteiger partial charge in [-0.05, 0) is 31.6 Å². The van der Waals surface area contributed by atoms with Crippen LogP contribution in [0, 0.1) is 5.82 Å². The first-order valence-corrected chi connectivity index (χ1v) is 5.83. The van der Waals surface area contributed by atoms with Crippen LogP contribution in [0.15, 0.2) is 18.3 Å². The van der Waals surface area contributed by atoms with E-state index in [1.807, 2.05) is 0 Å². The lowest BCUT2D eigenvalue weighted by Gasteiger charge is -2.05. The van der Waals surface area contributed by atoms with Gasteiger partial charge in [-0.25, -0.2) is 4.39 Å². The summed E-state index contributed by atoms with van der Waals surface area (Å²) >= 11 is 0. The van der Waals surface area contributed by atoms with Gasteiger partial charge in [-0.3, -0.25) is 4.98 Å². The second kappa shape index (κ2) is 9.04. The summed E-state index contributed by atoms with van der Waals surface area (Å²) in [6.45, 7) is 4.19. The molecule has 1 aromatic rings. The Morgan fingerprint density at radius 1 is 1.24 bits per heavy atom. The summed E-state index contributed by atoms with van der Waals surface area (Å²) in [5, 5.41) is 6.52. The van der Waals surface area contributed by atoms with E-state index in [0.29, 0.717) is 6.54 Å². The Hall–Kier alpha value is -1.04. The van der Waals surface area contributed by atoms with Gasteiger partial charge in [-0.1, -0.05) is 0 Å². The molecule has 0 bridgehead atoms. The second-order valence-electron chi connectivity index (χ2n) is 3.74. The molecular weight excluding hydrogens is 221 g/mol. The van der Waals surface area contributed by atoms with Crippen molar-refractivity contribution in [3.8, 4) is 0 Å². The number of hydrogen-bond acceptors (Lipinski definition) is 4. The first-order chi connectivity index (χ1) is 8.33. The van der Waals surface area contributed by atoms with Crippen LogP contribution in [0.3, 0.4) is 0 Å². The number of nitrogens with zero attached hydrogens (tertiary/aromatic N) is 1. The quantitative estimate of drug-likeness (QED) is 0.632. The molecule has 0 radical (unpaired) electrons. The number of nitrogens with one attached hydrogen (secondary N) is 2. The highest BCUT2D eigenvalue weighted by Crippen LogP contribution is 1.97. The number of hydrogen-bond donors (Lipinski definition) is 2. The monoisotopic (exact) mass is 241 g/mol. The van der Waals surface area contributed by atoms with Crippen LogP contribution in [-0.4, -0.2) is 38.3 Å². The van der Waals surface area contributed by atoms with Crippen molar-refractivity contribution < 1.29 is 9.13 Å². The lowest BCUT2D eigenvalue weighted by Crippen LogP contribution is -2.24. The molecule has 0 aliphatic rings. The summed E-state index contributed by atoms with van der Waals surface area (Å²) in [7, 11) is 1.69. The molecule has 0 aromatic carbocycles. The summed E-state index contributed by atoms with van der Waals surface area (Å²) < 4.78 is 17.5. The minimum atomic E-state index is -0.295. The highest BCUT2D eigenvalue weighted by molar-refractivity contribution is 5.04. The number of halogens is 1. The van der Waals surface area contributed by atoms with Crippen molar-refractivity contribution in [1.82, 2.24) is 15.6 Å². The highest BCUT2D eigenvalue weighted by Gasteiger charge is 1.95. The molecule has 0 aliphatic heterocycles. The fourth-order valence-electron chi connectivity index (χ4n) is 1.37. The first kappa shape index (κ1) is 14.0. The van der Waals surface area contributed by atoms with Gasteiger partial charge in [0.05, 0.1) is 18.5 Å². The van der Waals surface area contributed by atoms with E-state index in [-0.39, 0.29) is 5.82 Å². The van der Waals surface area contributed by atoms with Crippen molar-refractivity contribution >= 4 is 0 Å². The van der Waals surface area contributed by atoms with Crippen LogP contribution >= 0.6 is 0 Å². The molecule has 4 nitrogen and oxygen atoms in total. The van der Waals surface area contributed by atoms with Gasteiger partial charge in [0.25, 0.3) is 0 Å². The Labute approximate surface area is 102 Å². The van der Waals surface area contributed by atoms with Crippen LogP contribution in [0.1, 0.15) is 12.1 Å². The van der Waals surface area contributed by atoms with Gasteiger partial charge < -0.3 is 15.4 Å². The van der Waals surface area contributed by atoms with Gasteiger partial charge in [-0.2, -0.15) is 0 Å². The number of methoxy groups -OCH3 is 1. The predicted molar refractivity (Wildman–Crippen MR) is 65.3 cm³/mol. The third kappa shape index (κ3) is 6.99. The normalized spacial score (nSPS) is 10.7. The average Bonchev–Trinajstić information content (AvgIpc) is 2.35. The largest absolute Gasteiger partial charge is 0.383 e. The third-order valence-electron chi connectivity index (χ3n) is 2.28. The molecule has 0 atom stereocenters. The van der Waals surface area contributed by atoms with Gasteiger partial charge in [0.1, 0.15) is 5.82 Å². The van der Waals surface area contributed by atoms with Crippen LogP contribution in [0.4, 0.5) is 4.39 Å². The smallest absolute Gasteiger partial charge is 0.141 e. The highest BCUT2D eigenvalue weighted by atomic mass is 19.1. The van der Waals surface area contributed by atoms with Crippen LogP contribution < -0.4 is 10.6 Å². The summed E-state index contributed by atoms with van der Waals surface area (Å²) in [6.07, 6.45) is 2.29. The van der Waals surface area contributed by atoms with E-state index in [1.54, 1.807) is 13.2 Å². The van der Waals surface area contributed by atoms with Gasteiger partial charge in [0.2, 0.25) is 0 Å². The summed E-state index contributed by atoms with van der Waals surface area (Å²) in [4.78, 5) is 3.97. The van der Waals surface area contributed by atoms with Crippen LogP contribution in [0.5, 0.6) is 0 Å². The minimum absolute atomic E-state index is 0.295. The van der Waals surface area contributed by atoms with Crippen molar-refractivity contribution in [3.63, 3.8) is 0 Å². The van der Waals surface area contributed by atoms with E-state index in [2.05, 4.69) is 15.6 Å². The molecule has 17 heavy (non-hydrogen) atoms. The molecular formula is C12H20FN3O. The zero-order valence-electron chi connectivity index (χ0n) is 10.2. The van der Waals surface area contributed by atoms with E-state index >= 15 is 0 Å². The Morgan fingerprint density at radius 3 is 2.76 bits per heavy atom. The van der Waals surface area contributed by atoms with E-state index in [9.17, 15) is 4.39 Å². The number of ether oxygens (including phenoxy) is 1. The number of aromatic nitrogens is 1. The summed E-state index contributed by atoms with van der Waals surface area (Å²) in [6, 6.07) is 3.12. The van der Waals surface area contributed by atoms with Gasteiger partial charge in [-0.15, -0.1) is 0 Å². The fraction of sp³-hybridized carbons (Fsp3) is 0.583. The molecule has 1 heterocycles. The maximum atomic E-state index is 12.6. The summed E-state index contributed by atoms with van der Waals surface area (Å²) in [5.41, 5.74) is 0.860. The Kier molecular flexibility index (Phi) is 7.46. The molecule has 0 saturated heterocycles. The van der Waals surface area contributed by atoms with E-state index in [0.717, 1.165) is 38.4 Å². The maximum absolute atomic E-state index is 12.6. The number of pyridine rings is 1. The zero-order valence-corrected chi connectivity index (χ0v) is 10.2. The zero-order chi connectivity index (χ0) is 12.3. The summed E-state index contributed by atoms with van der Waals surface area (Å²) in [5.74, 6) is -0.295. The van der Waals surface area contributed by atoms with Crippen molar-refractivity contribution in [1.29, 1.82) is 0 Å². The standard InChI is InChI=1S/C12H20FN3O/c1-17-8-7-14-5-2-6-15-10-12-4-3-11(13)9-16-12/h3-4,9,14-15H,2,5-8,10H2,1H3. The molecule has 5 heteroatoms. The first-order valence-electron chi connectivity index (χ1n) is 5.83. The van der Waals surface area contributed by atoms with Crippen molar-refractivity contribution in [3.05, 3.63) is 29.8 Å². The SMILES string of the molecule is COCCNCCCNCc1ccc(F)cn1.